The topological polar surface area (TPSA) is 18.5 Å². The lowest BCUT2D eigenvalue weighted by Crippen LogP contribution is -2.59. The van der Waals surface area contributed by atoms with Crippen LogP contribution < -0.4 is 0 Å². The molecule has 0 aromatic carbocycles. The summed E-state index contributed by atoms with van der Waals surface area (Å²) >= 11 is 0. The molecule has 0 aromatic heterocycles. The Bertz CT molecular complexity index is 351. The Morgan fingerprint density at radius 2 is 1.94 bits per heavy atom. The first kappa shape index (κ1) is 12.9. The van der Waals surface area contributed by atoms with Crippen LogP contribution in [0.2, 0.25) is 0 Å². The Morgan fingerprint density at radius 3 is 2.44 bits per heavy atom. The van der Waals surface area contributed by atoms with Crippen LogP contribution in [0.3, 0.4) is 0 Å². The standard InChI is InChI=1S/C16H28O2/c1-6-13-17-10-11(2)16(18-13)9-12-7-8-15(16,5)14(12,3)4/h11-13H,6-10H2,1-5H3/t11-,12+,13+,15+,16-/m0/s1. The van der Waals surface area contributed by atoms with Crippen LogP contribution in [0, 0.1) is 22.7 Å². The molecule has 3 aliphatic rings. The molecule has 0 unspecified atom stereocenters. The molecule has 2 bridgehead atoms. The van der Waals surface area contributed by atoms with Crippen molar-refractivity contribution in [1.82, 2.24) is 0 Å². The van der Waals surface area contributed by atoms with Crippen molar-refractivity contribution in [3.8, 4) is 0 Å². The SMILES string of the molecule is CC[C@@H]1OC[C@H](C)[C@]2(C[C@H]3CC[C@]2(C)C3(C)C)O1. The largest absolute Gasteiger partial charge is 0.352 e. The first-order valence-electron chi connectivity index (χ1n) is 7.67. The zero-order valence-corrected chi connectivity index (χ0v) is 12.6. The van der Waals surface area contributed by atoms with Crippen molar-refractivity contribution in [2.45, 2.75) is 72.2 Å². The van der Waals surface area contributed by atoms with E-state index in [-0.39, 0.29) is 11.9 Å². The van der Waals surface area contributed by atoms with E-state index in [1.165, 1.54) is 19.3 Å². The van der Waals surface area contributed by atoms with E-state index in [0.29, 0.717) is 16.7 Å². The van der Waals surface area contributed by atoms with Gasteiger partial charge in [-0.25, -0.2) is 0 Å². The van der Waals surface area contributed by atoms with Crippen LogP contribution in [0.5, 0.6) is 0 Å². The van der Waals surface area contributed by atoms with Crippen LogP contribution in [0.15, 0.2) is 0 Å². The van der Waals surface area contributed by atoms with Gasteiger partial charge in [0.1, 0.15) is 0 Å². The third-order valence-corrected chi connectivity index (χ3v) is 6.92. The summed E-state index contributed by atoms with van der Waals surface area (Å²) in [5, 5.41) is 0. The van der Waals surface area contributed by atoms with E-state index in [0.717, 1.165) is 18.9 Å². The summed E-state index contributed by atoms with van der Waals surface area (Å²) in [7, 11) is 0. The highest BCUT2D eigenvalue weighted by molar-refractivity contribution is 5.20. The molecule has 18 heavy (non-hydrogen) atoms. The molecule has 1 spiro atoms. The molecule has 1 saturated heterocycles. The lowest BCUT2D eigenvalue weighted by atomic mass is 9.60. The molecule has 104 valence electrons. The van der Waals surface area contributed by atoms with Crippen molar-refractivity contribution < 1.29 is 9.47 Å². The number of rotatable bonds is 1. The summed E-state index contributed by atoms with van der Waals surface area (Å²) in [4.78, 5) is 0. The zero-order chi connectivity index (χ0) is 13.2. The molecule has 0 aromatic rings. The van der Waals surface area contributed by atoms with Gasteiger partial charge in [0.2, 0.25) is 0 Å². The Labute approximate surface area is 111 Å². The second-order valence-electron chi connectivity index (χ2n) is 7.57. The van der Waals surface area contributed by atoms with Crippen molar-refractivity contribution in [2.75, 3.05) is 6.61 Å². The third-order valence-electron chi connectivity index (χ3n) is 6.92. The van der Waals surface area contributed by atoms with Gasteiger partial charge in [0, 0.05) is 11.3 Å². The van der Waals surface area contributed by atoms with Crippen LogP contribution in [-0.2, 0) is 9.47 Å². The summed E-state index contributed by atoms with van der Waals surface area (Å²) < 4.78 is 12.4. The Balaban J connectivity index is 2.00. The molecule has 2 saturated carbocycles. The highest BCUT2D eigenvalue weighted by Gasteiger charge is 2.71. The number of fused-ring (bicyclic) bond motifs is 3. The zero-order valence-electron chi connectivity index (χ0n) is 12.6. The summed E-state index contributed by atoms with van der Waals surface area (Å²) in [6.07, 6.45) is 4.95. The molecular weight excluding hydrogens is 224 g/mol. The third kappa shape index (κ3) is 1.27. The van der Waals surface area contributed by atoms with Crippen LogP contribution in [0.25, 0.3) is 0 Å². The Kier molecular flexibility index (Phi) is 2.68. The molecule has 3 rings (SSSR count). The number of hydrogen-bond acceptors (Lipinski definition) is 2. The molecule has 5 atom stereocenters. The summed E-state index contributed by atoms with van der Waals surface area (Å²) in [5.41, 5.74) is 0.802. The van der Waals surface area contributed by atoms with Gasteiger partial charge in [-0.1, -0.05) is 34.6 Å². The van der Waals surface area contributed by atoms with Gasteiger partial charge in [-0.05, 0) is 37.0 Å². The average molecular weight is 252 g/mol. The lowest BCUT2D eigenvalue weighted by molar-refractivity contribution is -0.314. The molecule has 3 fully saturated rings. The molecule has 0 radical (unpaired) electrons. The minimum atomic E-state index is 0.0215. The normalized spacial score (nSPS) is 54.2. The number of ether oxygens (including phenoxy) is 2. The Hall–Kier alpha value is -0.0800. The molecule has 2 nitrogen and oxygen atoms in total. The lowest BCUT2D eigenvalue weighted by Gasteiger charge is -2.55. The molecule has 2 heteroatoms. The maximum atomic E-state index is 6.55. The van der Waals surface area contributed by atoms with E-state index in [1.54, 1.807) is 0 Å². The van der Waals surface area contributed by atoms with Crippen molar-refractivity contribution in [2.24, 2.45) is 22.7 Å². The molecular formula is C16H28O2. The van der Waals surface area contributed by atoms with Gasteiger partial charge < -0.3 is 9.47 Å². The van der Waals surface area contributed by atoms with Gasteiger partial charge in [-0.3, -0.25) is 0 Å². The molecule has 1 heterocycles. The predicted octanol–water partition coefficient (Wildman–Crippen LogP) is 3.99. The maximum Gasteiger partial charge on any atom is 0.158 e. The fourth-order valence-corrected chi connectivity index (χ4v) is 5.20. The van der Waals surface area contributed by atoms with E-state index in [1.807, 2.05) is 0 Å². The van der Waals surface area contributed by atoms with Gasteiger partial charge in [0.15, 0.2) is 6.29 Å². The number of hydrogen-bond donors (Lipinski definition) is 0. The highest BCUT2D eigenvalue weighted by atomic mass is 16.7. The second-order valence-corrected chi connectivity index (χ2v) is 7.57. The first-order chi connectivity index (χ1) is 8.37. The van der Waals surface area contributed by atoms with E-state index >= 15 is 0 Å². The second kappa shape index (κ2) is 3.73. The van der Waals surface area contributed by atoms with Crippen molar-refractivity contribution in [3.05, 3.63) is 0 Å². The van der Waals surface area contributed by atoms with Crippen LogP contribution >= 0.6 is 0 Å². The monoisotopic (exact) mass is 252 g/mol. The quantitative estimate of drug-likeness (QED) is 0.702. The summed E-state index contributed by atoms with van der Waals surface area (Å²) in [6, 6.07) is 0. The first-order valence-corrected chi connectivity index (χ1v) is 7.67. The van der Waals surface area contributed by atoms with Gasteiger partial charge in [0.25, 0.3) is 0 Å². The maximum absolute atomic E-state index is 6.55. The van der Waals surface area contributed by atoms with Crippen molar-refractivity contribution in [3.63, 3.8) is 0 Å². The van der Waals surface area contributed by atoms with Gasteiger partial charge in [-0.2, -0.15) is 0 Å². The van der Waals surface area contributed by atoms with Crippen molar-refractivity contribution >= 4 is 0 Å². The molecule has 1 aliphatic heterocycles. The van der Waals surface area contributed by atoms with Crippen molar-refractivity contribution in [1.29, 1.82) is 0 Å². The van der Waals surface area contributed by atoms with Gasteiger partial charge in [0.05, 0.1) is 12.2 Å². The van der Waals surface area contributed by atoms with Crippen LogP contribution in [0.1, 0.15) is 60.3 Å². The van der Waals surface area contributed by atoms with Gasteiger partial charge >= 0.3 is 0 Å². The van der Waals surface area contributed by atoms with E-state index in [2.05, 4.69) is 34.6 Å². The summed E-state index contributed by atoms with van der Waals surface area (Å²) in [5.74, 6) is 1.36. The smallest absolute Gasteiger partial charge is 0.158 e. The van der Waals surface area contributed by atoms with E-state index in [4.69, 9.17) is 9.47 Å². The minimum absolute atomic E-state index is 0.0215. The van der Waals surface area contributed by atoms with E-state index in [9.17, 15) is 0 Å². The minimum Gasteiger partial charge on any atom is -0.352 e. The molecule has 0 N–H and O–H groups in total. The van der Waals surface area contributed by atoms with Crippen LogP contribution in [-0.4, -0.2) is 18.5 Å². The Morgan fingerprint density at radius 1 is 1.22 bits per heavy atom. The van der Waals surface area contributed by atoms with Crippen LogP contribution in [0.4, 0.5) is 0 Å². The molecule has 0 amide bonds. The highest BCUT2D eigenvalue weighted by Crippen LogP contribution is 2.73. The van der Waals surface area contributed by atoms with E-state index < -0.39 is 0 Å². The predicted molar refractivity (Wildman–Crippen MR) is 72.2 cm³/mol. The van der Waals surface area contributed by atoms with Gasteiger partial charge in [-0.15, -0.1) is 0 Å². The average Bonchev–Trinajstić information content (AvgIpc) is 2.65. The summed E-state index contributed by atoms with van der Waals surface area (Å²) in [6.45, 7) is 12.8. The fraction of sp³-hybridized carbons (Fsp3) is 1.00. The molecule has 2 aliphatic carbocycles. The fourth-order valence-electron chi connectivity index (χ4n) is 5.20.